The number of carbonyl (C=O) groups excluding carboxylic acids is 1. The molecule has 0 saturated carbocycles. The van der Waals surface area contributed by atoms with Gasteiger partial charge in [-0.25, -0.2) is 0 Å². The highest BCUT2D eigenvalue weighted by atomic mass is 16.3. The lowest BCUT2D eigenvalue weighted by Gasteiger charge is -2.49. The number of nitrogens with one attached hydrogen (secondary N) is 1. The number of β-amino-alcohol motifs (C(OH)–C–C–N with tert-alkyl or cyclic N) is 1. The van der Waals surface area contributed by atoms with E-state index in [0.717, 1.165) is 5.56 Å². The molecule has 1 amide bonds. The summed E-state index contributed by atoms with van der Waals surface area (Å²) in [5, 5.41) is 23.9. The van der Waals surface area contributed by atoms with Gasteiger partial charge >= 0.3 is 0 Å². The second kappa shape index (κ2) is 4.92. The highest BCUT2D eigenvalue weighted by Crippen LogP contribution is 2.30. The van der Waals surface area contributed by atoms with E-state index in [0.29, 0.717) is 24.5 Å². The molecule has 0 atom stereocenters. The van der Waals surface area contributed by atoms with Crippen LogP contribution in [0.1, 0.15) is 24.2 Å². The molecule has 21 heavy (non-hydrogen) atoms. The van der Waals surface area contributed by atoms with Gasteiger partial charge in [0.05, 0.1) is 13.1 Å². The number of benzene rings is 1. The monoisotopic (exact) mass is 287 g/mol. The number of hydrogen-bond donors (Lipinski definition) is 2. The fraction of sp³-hybridized carbons (Fsp3) is 0.429. The molecule has 0 spiro atoms. The predicted octanol–water partition coefficient (Wildman–Crippen LogP) is 0.710. The van der Waals surface area contributed by atoms with Crippen molar-refractivity contribution in [1.82, 2.24) is 25.5 Å². The maximum Gasteiger partial charge on any atom is 0.254 e. The topological polar surface area (TPSA) is 95.0 Å². The van der Waals surface area contributed by atoms with Crippen LogP contribution in [0.2, 0.25) is 0 Å². The fourth-order valence-corrected chi connectivity index (χ4v) is 2.38. The van der Waals surface area contributed by atoms with E-state index in [2.05, 4.69) is 20.6 Å². The number of aromatic nitrogens is 4. The smallest absolute Gasteiger partial charge is 0.254 e. The van der Waals surface area contributed by atoms with Gasteiger partial charge in [-0.15, -0.1) is 10.2 Å². The lowest BCUT2D eigenvalue weighted by atomic mass is 9.82. The van der Waals surface area contributed by atoms with Crippen molar-refractivity contribution in [3.05, 3.63) is 29.8 Å². The molecule has 2 heterocycles. The van der Waals surface area contributed by atoms with E-state index in [-0.39, 0.29) is 11.8 Å². The number of likely N-dealkylation sites (tertiary alicyclic amines) is 1. The SMILES string of the molecule is CC(C)C1(O)CN(C(=O)c2cccc(-c3nn[nH]n3)c2)C1. The third-order valence-electron chi connectivity index (χ3n) is 4.00. The van der Waals surface area contributed by atoms with Crippen LogP contribution < -0.4 is 0 Å². The molecule has 7 heteroatoms. The van der Waals surface area contributed by atoms with Gasteiger partial charge in [0.15, 0.2) is 0 Å². The number of H-pyrrole nitrogens is 1. The first-order valence-corrected chi connectivity index (χ1v) is 6.85. The summed E-state index contributed by atoms with van der Waals surface area (Å²) in [6, 6.07) is 7.09. The highest BCUT2D eigenvalue weighted by molar-refractivity contribution is 5.96. The van der Waals surface area contributed by atoms with Crippen LogP contribution in [-0.4, -0.2) is 55.2 Å². The summed E-state index contributed by atoms with van der Waals surface area (Å²) in [4.78, 5) is 14.1. The van der Waals surface area contributed by atoms with Gasteiger partial charge in [0.2, 0.25) is 5.82 Å². The quantitative estimate of drug-likeness (QED) is 0.867. The Hall–Kier alpha value is -2.28. The number of amides is 1. The standard InChI is InChI=1S/C14H17N5O2/c1-9(2)14(21)7-19(8-14)13(20)11-5-3-4-10(6-11)12-15-17-18-16-12/h3-6,9,21H,7-8H2,1-2H3,(H,15,16,17,18). The number of carbonyl (C=O) groups is 1. The highest BCUT2D eigenvalue weighted by Gasteiger charge is 2.45. The molecular weight excluding hydrogens is 270 g/mol. The van der Waals surface area contributed by atoms with Crippen molar-refractivity contribution in [3.8, 4) is 11.4 Å². The number of aliphatic hydroxyl groups is 1. The first kappa shape index (κ1) is 13.7. The van der Waals surface area contributed by atoms with Crippen LogP contribution in [0, 0.1) is 5.92 Å². The van der Waals surface area contributed by atoms with Crippen LogP contribution in [0.4, 0.5) is 0 Å². The second-order valence-electron chi connectivity index (χ2n) is 5.74. The maximum absolute atomic E-state index is 12.4. The Bertz CT molecular complexity index is 647. The van der Waals surface area contributed by atoms with Crippen molar-refractivity contribution in [2.75, 3.05) is 13.1 Å². The van der Waals surface area contributed by atoms with Crippen LogP contribution in [0.5, 0.6) is 0 Å². The Morgan fingerprint density at radius 1 is 1.43 bits per heavy atom. The maximum atomic E-state index is 12.4. The lowest BCUT2D eigenvalue weighted by Crippen LogP contribution is -2.65. The first-order chi connectivity index (χ1) is 9.99. The molecule has 0 unspecified atom stereocenters. The molecule has 1 fully saturated rings. The predicted molar refractivity (Wildman–Crippen MR) is 75.3 cm³/mol. The minimum Gasteiger partial charge on any atom is -0.386 e. The second-order valence-corrected chi connectivity index (χ2v) is 5.74. The van der Waals surface area contributed by atoms with Crippen LogP contribution in [0.3, 0.4) is 0 Å². The number of aromatic amines is 1. The fourth-order valence-electron chi connectivity index (χ4n) is 2.38. The van der Waals surface area contributed by atoms with Crippen molar-refractivity contribution in [3.63, 3.8) is 0 Å². The number of hydrogen-bond acceptors (Lipinski definition) is 5. The van der Waals surface area contributed by atoms with E-state index < -0.39 is 5.60 Å². The van der Waals surface area contributed by atoms with Gasteiger partial charge in [0.25, 0.3) is 5.91 Å². The molecule has 2 N–H and O–H groups in total. The van der Waals surface area contributed by atoms with Crippen molar-refractivity contribution < 1.29 is 9.90 Å². The Morgan fingerprint density at radius 3 is 2.81 bits per heavy atom. The molecule has 1 aliphatic heterocycles. The molecule has 1 saturated heterocycles. The van der Waals surface area contributed by atoms with Gasteiger partial charge in [-0.3, -0.25) is 4.79 Å². The van der Waals surface area contributed by atoms with Gasteiger partial charge in [0, 0.05) is 11.1 Å². The molecule has 110 valence electrons. The van der Waals surface area contributed by atoms with Crippen molar-refractivity contribution >= 4 is 5.91 Å². The third-order valence-corrected chi connectivity index (χ3v) is 4.00. The van der Waals surface area contributed by atoms with Gasteiger partial charge in [-0.1, -0.05) is 26.0 Å². The zero-order chi connectivity index (χ0) is 15.0. The Morgan fingerprint density at radius 2 is 2.19 bits per heavy atom. The van der Waals surface area contributed by atoms with Crippen LogP contribution in [0.25, 0.3) is 11.4 Å². The van der Waals surface area contributed by atoms with Crippen LogP contribution in [0.15, 0.2) is 24.3 Å². The van der Waals surface area contributed by atoms with E-state index in [4.69, 9.17) is 0 Å². The zero-order valence-corrected chi connectivity index (χ0v) is 11.9. The normalized spacial score (nSPS) is 16.9. The lowest BCUT2D eigenvalue weighted by molar-refractivity contribution is -0.110. The molecule has 1 aliphatic rings. The summed E-state index contributed by atoms with van der Waals surface area (Å²) in [5.41, 5.74) is 0.526. The minimum absolute atomic E-state index is 0.0920. The van der Waals surface area contributed by atoms with Gasteiger partial charge < -0.3 is 10.0 Å². The molecule has 2 aromatic rings. The average molecular weight is 287 g/mol. The Balaban J connectivity index is 1.76. The van der Waals surface area contributed by atoms with Crippen molar-refractivity contribution in [2.24, 2.45) is 5.92 Å². The first-order valence-electron chi connectivity index (χ1n) is 6.85. The Kier molecular flexibility index (Phi) is 3.21. The van der Waals surface area contributed by atoms with Gasteiger partial charge in [0.1, 0.15) is 5.60 Å². The molecule has 0 bridgehead atoms. The van der Waals surface area contributed by atoms with E-state index in [1.54, 1.807) is 23.1 Å². The average Bonchev–Trinajstić information content (AvgIpc) is 2.97. The minimum atomic E-state index is -0.763. The van der Waals surface area contributed by atoms with Crippen molar-refractivity contribution in [2.45, 2.75) is 19.4 Å². The molecule has 0 aliphatic carbocycles. The van der Waals surface area contributed by atoms with Crippen molar-refractivity contribution in [1.29, 1.82) is 0 Å². The number of tetrazole rings is 1. The molecule has 0 radical (unpaired) electrons. The summed E-state index contributed by atoms with van der Waals surface area (Å²) < 4.78 is 0. The zero-order valence-electron chi connectivity index (χ0n) is 11.9. The molecule has 1 aromatic heterocycles. The van der Waals surface area contributed by atoms with Crippen LogP contribution >= 0.6 is 0 Å². The molecule has 3 rings (SSSR count). The summed E-state index contributed by atoms with van der Waals surface area (Å²) in [6.45, 7) is 4.66. The number of rotatable bonds is 3. The summed E-state index contributed by atoms with van der Waals surface area (Å²) in [7, 11) is 0. The van der Waals surface area contributed by atoms with E-state index in [9.17, 15) is 9.90 Å². The van der Waals surface area contributed by atoms with E-state index in [1.165, 1.54) is 0 Å². The largest absolute Gasteiger partial charge is 0.386 e. The molecule has 1 aromatic carbocycles. The van der Waals surface area contributed by atoms with Crippen LogP contribution in [-0.2, 0) is 0 Å². The Labute approximate surface area is 122 Å². The van der Waals surface area contributed by atoms with Gasteiger partial charge in [-0.2, -0.15) is 5.21 Å². The third kappa shape index (κ3) is 2.40. The van der Waals surface area contributed by atoms with Gasteiger partial charge in [-0.05, 0) is 23.3 Å². The molecule has 7 nitrogen and oxygen atoms in total. The number of nitrogens with zero attached hydrogens (tertiary/aromatic N) is 4. The summed E-state index contributed by atoms with van der Waals surface area (Å²) in [5.74, 6) is 0.491. The van der Waals surface area contributed by atoms with E-state index >= 15 is 0 Å². The summed E-state index contributed by atoms with van der Waals surface area (Å²) in [6.07, 6.45) is 0. The molecular formula is C14H17N5O2. The van der Waals surface area contributed by atoms with E-state index in [1.807, 2.05) is 19.9 Å². The summed E-state index contributed by atoms with van der Waals surface area (Å²) >= 11 is 0.